The van der Waals surface area contributed by atoms with Gasteiger partial charge in [0.15, 0.2) is 0 Å². The minimum absolute atomic E-state index is 0.130. The lowest BCUT2D eigenvalue weighted by molar-refractivity contribution is -0.419. The highest BCUT2D eigenvalue weighted by Gasteiger charge is 2.12. The fourth-order valence-corrected chi connectivity index (χ4v) is 0.606. The van der Waals surface area contributed by atoms with Crippen LogP contribution in [0.2, 0.25) is 0 Å². The second-order valence-electron chi connectivity index (χ2n) is 2.05. The fourth-order valence-electron chi connectivity index (χ4n) is 0.482. The Labute approximate surface area is 75.2 Å². The normalized spacial score (nSPS) is 11.0. The smallest absolute Gasteiger partial charge is 0.287 e. The Morgan fingerprint density at radius 2 is 2.17 bits per heavy atom. The van der Waals surface area contributed by atoms with Gasteiger partial charge in [0.05, 0.1) is 4.92 Å². The lowest BCUT2D eigenvalue weighted by Crippen LogP contribution is -2.04. The van der Waals surface area contributed by atoms with Gasteiger partial charge in [-0.3, -0.25) is 10.1 Å². The molecule has 0 atom stereocenters. The molecule has 0 saturated heterocycles. The zero-order valence-electron chi connectivity index (χ0n) is 6.42. The van der Waals surface area contributed by atoms with Crippen LogP contribution in [-0.2, 0) is 0 Å². The maximum atomic E-state index is 10.3. The first-order chi connectivity index (χ1) is 5.49. The topological polar surface area (TPSA) is 69.2 Å². The SMILES string of the molecule is C=C(/C=C(\C(=C)Cl)[N+](=O)[O-])CN. The van der Waals surface area contributed by atoms with Crippen LogP contribution >= 0.6 is 11.6 Å². The average molecular weight is 189 g/mol. The maximum absolute atomic E-state index is 10.3. The molecule has 0 aliphatic carbocycles. The summed E-state index contributed by atoms with van der Waals surface area (Å²) in [7, 11) is 0. The molecule has 0 aromatic carbocycles. The van der Waals surface area contributed by atoms with Gasteiger partial charge in [-0.15, -0.1) is 0 Å². The van der Waals surface area contributed by atoms with Crippen LogP contribution in [-0.4, -0.2) is 11.5 Å². The predicted octanol–water partition coefficient (Wildman–Crippen LogP) is 1.41. The molecule has 0 bridgehead atoms. The van der Waals surface area contributed by atoms with E-state index in [2.05, 4.69) is 13.2 Å². The molecular weight excluding hydrogens is 180 g/mol. The van der Waals surface area contributed by atoms with Crippen molar-refractivity contribution in [2.45, 2.75) is 0 Å². The van der Waals surface area contributed by atoms with Crippen molar-refractivity contribution in [2.75, 3.05) is 6.54 Å². The molecular formula is C7H9ClN2O2. The minimum atomic E-state index is -0.629. The predicted molar refractivity (Wildman–Crippen MR) is 48.3 cm³/mol. The summed E-state index contributed by atoms with van der Waals surface area (Å²) in [4.78, 5) is 9.67. The van der Waals surface area contributed by atoms with Crippen molar-refractivity contribution in [3.63, 3.8) is 0 Å². The largest absolute Gasteiger partial charge is 0.327 e. The molecule has 2 N–H and O–H groups in total. The van der Waals surface area contributed by atoms with Crippen LogP contribution in [0.1, 0.15) is 0 Å². The van der Waals surface area contributed by atoms with Crippen LogP contribution < -0.4 is 5.73 Å². The lowest BCUT2D eigenvalue weighted by Gasteiger charge is -1.95. The van der Waals surface area contributed by atoms with Gasteiger partial charge < -0.3 is 5.73 Å². The number of rotatable bonds is 4. The molecule has 0 fully saturated rings. The molecule has 0 aromatic heterocycles. The zero-order chi connectivity index (χ0) is 9.72. The standard InChI is InChI=1S/C7H9ClN2O2/c1-5(4-9)3-7(6(2)8)10(11)12/h3H,1-2,4,9H2/b7-3+. The van der Waals surface area contributed by atoms with E-state index in [1.165, 1.54) is 6.08 Å². The number of allylic oxidation sites excluding steroid dienone is 1. The van der Waals surface area contributed by atoms with E-state index in [-0.39, 0.29) is 17.3 Å². The number of halogens is 1. The lowest BCUT2D eigenvalue weighted by atomic mass is 10.2. The van der Waals surface area contributed by atoms with Gasteiger partial charge in [0.2, 0.25) is 0 Å². The van der Waals surface area contributed by atoms with Crippen molar-refractivity contribution in [2.24, 2.45) is 5.73 Å². The van der Waals surface area contributed by atoms with E-state index in [1.54, 1.807) is 0 Å². The quantitative estimate of drug-likeness (QED) is 0.412. The number of nitrogens with zero attached hydrogens (tertiary/aromatic N) is 1. The molecule has 0 saturated carbocycles. The molecule has 0 rings (SSSR count). The van der Waals surface area contributed by atoms with Gasteiger partial charge in [-0.1, -0.05) is 24.8 Å². The average Bonchev–Trinajstić information content (AvgIpc) is 1.98. The molecule has 0 spiro atoms. The number of hydrogen-bond donors (Lipinski definition) is 1. The molecule has 66 valence electrons. The Hall–Kier alpha value is -1.13. The first-order valence-electron chi connectivity index (χ1n) is 3.07. The van der Waals surface area contributed by atoms with Gasteiger partial charge >= 0.3 is 0 Å². The third-order valence-electron chi connectivity index (χ3n) is 1.08. The van der Waals surface area contributed by atoms with E-state index < -0.39 is 4.92 Å². The minimum Gasteiger partial charge on any atom is -0.327 e. The number of nitrogens with two attached hydrogens (primary N) is 1. The summed E-state index contributed by atoms with van der Waals surface area (Å²) in [5.74, 6) is 0. The monoisotopic (exact) mass is 188 g/mol. The Bertz CT molecular complexity index is 242. The van der Waals surface area contributed by atoms with Crippen molar-refractivity contribution >= 4 is 11.6 Å². The third-order valence-corrected chi connectivity index (χ3v) is 1.27. The highest BCUT2D eigenvalue weighted by Crippen LogP contribution is 2.14. The van der Waals surface area contributed by atoms with Crippen LogP contribution in [0.15, 0.2) is 35.5 Å². The Balaban J connectivity index is 4.74. The fraction of sp³-hybridized carbons (Fsp3) is 0.143. The van der Waals surface area contributed by atoms with Crippen molar-refractivity contribution in [1.82, 2.24) is 0 Å². The van der Waals surface area contributed by atoms with Crippen LogP contribution in [0.3, 0.4) is 0 Å². The van der Waals surface area contributed by atoms with Gasteiger partial charge in [-0.25, -0.2) is 0 Å². The van der Waals surface area contributed by atoms with Crippen LogP contribution in [0, 0.1) is 10.1 Å². The molecule has 0 amide bonds. The third kappa shape index (κ3) is 3.32. The maximum Gasteiger partial charge on any atom is 0.287 e. The molecule has 0 heterocycles. The summed E-state index contributed by atoms with van der Waals surface area (Å²) in [6.45, 7) is 6.86. The van der Waals surface area contributed by atoms with Gasteiger partial charge in [-0.2, -0.15) is 0 Å². The summed E-state index contributed by atoms with van der Waals surface area (Å²) in [5.41, 5.74) is 5.34. The van der Waals surface area contributed by atoms with Crippen molar-refractivity contribution in [1.29, 1.82) is 0 Å². The van der Waals surface area contributed by atoms with Gasteiger partial charge in [0.25, 0.3) is 5.70 Å². The second kappa shape index (κ2) is 4.69. The van der Waals surface area contributed by atoms with E-state index >= 15 is 0 Å². The Morgan fingerprint density at radius 3 is 2.42 bits per heavy atom. The first kappa shape index (κ1) is 10.9. The van der Waals surface area contributed by atoms with E-state index in [9.17, 15) is 10.1 Å². The van der Waals surface area contributed by atoms with Gasteiger partial charge in [-0.05, 0) is 5.57 Å². The molecule has 0 radical (unpaired) electrons. The molecule has 0 aliphatic heterocycles. The van der Waals surface area contributed by atoms with Crippen molar-refractivity contribution < 1.29 is 4.92 Å². The summed E-state index contributed by atoms with van der Waals surface area (Å²) >= 11 is 5.35. The molecule has 0 aromatic rings. The first-order valence-corrected chi connectivity index (χ1v) is 3.45. The second-order valence-corrected chi connectivity index (χ2v) is 2.51. The molecule has 4 nitrogen and oxygen atoms in total. The molecule has 5 heteroatoms. The van der Waals surface area contributed by atoms with Crippen molar-refractivity contribution in [3.8, 4) is 0 Å². The number of nitro groups is 1. The zero-order valence-corrected chi connectivity index (χ0v) is 7.17. The molecule has 12 heavy (non-hydrogen) atoms. The molecule has 0 aliphatic rings. The number of hydrogen-bond acceptors (Lipinski definition) is 3. The summed E-state index contributed by atoms with van der Waals surface area (Å²) in [5, 5.41) is 10.2. The van der Waals surface area contributed by atoms with Crippen LogP contribution in [0.25, 0.3) is 0 Å². The van der Waals surface area contributed by atoms with Gasteiger partial charge in [0, 0.05) is 12.6 Å². The molecule has 0 unspecified atom stereocenters. The van der Waals surface area contributed by atoms with Crippen LogP contribution in [0.4, 0.5) is 0 Å². The highest BCUT2D eigenvalue weighted by atomic mass is 35.5. The van der Waals surface area contributed by atoms with E-state index in [0.717, 1.165) is 0 Å². The summed E-state index contributed by atoms with van der Waals surface area (Å²) in [6.07, 6.45) is 1.20. The van der Waals surface area contributed by atoms with E-state index in [0.29, 0.717) is 5.57 Å². The van der Waals surface area contributed by atoms with E-state index in [1.807, 2.05) is 0 Å². The highest BCUT2D eigenvalue weighted by molar-refractivity contribution is 6.31. The van der Waals surface area contributed by atoms with Crippen molar-refractivity contribution in [3.05, 3.63) is 45.7 Å². The van der Waals surface area contributed by atoms with E-state index in [4.69, 9.17) is 17.3 Å². The summed E-state index contributed by atoms with van der Waals surface area (Å²) in [6, 6.07) is 0. The summed E-state index contributed by atoms with van der Waals surface area (Å²) < 4.78 is 0. The van der Waals surface area contributed by atoms with Gasteiger partial charge in [0.1, 0.15) is 5.03 Å². The van der Waals surface area contributed by atoms with Crippen LogP contribution in [0.5, 0.6) is 0 Å². The Morgan fingerprint density at radius 1 is 1.67 bits per heavy atom. The Kier molecular flexibility index (Phi) is 4.25.